The second-order valence-corrected chi connectivity index (χ2v) is 5.83. The first-order valence-corrected chi connectivity index (χ1v) is 7.03. The van der Waals surface area contributed by atoms with Gasteiger partial charge in [-0.05, 0) is 51.3 Å². The molecule has 18 heavy (non-hydrogen) atoms. The van der Waals surface area contributed by atoms with Gasteiger partial charge in [0.15, 0.2) is 0 Å². The molecule has 2 nitrogen and oxygen atoms in total. The van der Waals surface area contributed by atoms with Crippen LogP contribution < -0.4 is 5.32 Å². The van der Waals surface area contributed by atoms with Crippen molar-refractivity contribution in [1.82, 2.24) is 10.2 Å². The predicted molar refractivity (Wildman–Crippen MR) is 78.0 cm³/mol. The number of rotatable bonds is 2. The molecule has 0 aliphatic carbocycles. The Morgan fingerprint density at radius 1 is 1.17 bits per heavy atom. The summed E-state index contributed by atoms with van der Waals surface area (Å²) in [5.74, 6) is 0. The molecular formula is C16H26N2. The fraction of sp³-hybridized carbons (Fsp3) is 0.625. The number of nitrogens with zero attached hydrogens (tertiary/aromatic N) is 1. The molecule has 0 spiro atoms. The van der Waals surface area contributed by atoms with E-state index in [9.17, 15) is 0 Å². The van der Waals surface area contributed by atoms with Crippen LogP contribution in [0.1, 0.15) is 36.1 Å². The van der Waals surface area contributed by atoms with Crippen LogP contribution in [0.25, 0.3) is 0 Å². The monoisotopic (exact) mass is 246 g/mol. The maximum Gasteiger partial charge on any atom is 0.0243 e. The molecule has 0 radical (unpaired) electrons. The Morgan fingerprint density at radius 2 is 1.78 bits per heavy atom. The van der Waals surface area contributed by atoms with Gasteiger partial charge < -0.3 is 5.32 Å². The summed E-state index contributed by atoms with van der Waals surface area (Å²) in [7, 11) is 0. The zero-order valence-corrected chi connectivity index (χ0v) is 12.4. The first kappa shape index (κ1) is 13.6. The van der Waals surface area contributed by atoms with E-state index in [4.69, 9.17) is 0 Å². The van der Waals surface area contributed by atoms with Gasteiger partial charge in [0.05, 0.1) is 0 Å². The minimum Gasteiger partial charge on any atom is -0.311 e. The Hall–Kier alpha value is -0.860. The quantitative estimate of drug-likeness (QED) is 0.863. The third kappa shape index (κ3) is 2.76. The Labute approximate surface area is 111 Å². The van der Waals surface area contributed by atoms with Crippen molar-refractivity contribution in [3.05, 3.63) is 34.4 Å². The van der Waals surface area contributed by atoms with Gasteiger partial charge in [-0.25, -0.2) is 0 Å². The van der Waals surface area contributed by atoms with Gasteiger partial charge in [-0.15, -0.1) is 0 Å². The van der Waals surface area contributed by atoms with Gasteiger partial charge in [-0.2, -0.15) is 0 Å². The summed E-state index contributed by atoms with van der Waals surface area (Å²) in [6.45, 7) is 14.6. The third-order valence-electron chi connectivity index (χ3n) is 4.37. The Bertz CT molecular complexity index is 402. The van der Waals surface area contributed by atoms with Crippen molar-refractivity contribution >= 4 is 0 Å². The van der Waals surface area contributed by atoms with Gasteiger partial charge in [0.25, 0.3) is 0 Å². The molecule has 2 unspecified atom stereocenters. The minimum absolute atomic E-state index is 0.588. The largest absolute Gasteiger partial charge is 0.311 e. The molecule has 1 aliphatic rings. The van der Waals surface area contributed by atoms with E-state index in [0.29, 0.717) is 12.1 Å². The van der Waals surface area contributed by atoms with Crippen LogP contribution in [0.5, 0.6) is 0 Å². The van der Waals surface area contributed by atoms with Crippen molar-refractivity contribution in [1.29, 1.82) is 0 Å². The van der Waals surface area contributed by atoms with Crippen molar-refractivity contribution in [2.75, 3.05) is 13.1 Å². The van der Waals surface area contributed by atoms with E-state index in [1.807, 2.05) is 0 Å². The average Bonchev–Trinajstić information content (AvgIpc) is 2.28. The molecule has 1 fully saturated rings. The highest BCUT2D eigenvalue weighted by Gasteiger charge is 2.24. The molecule has 1 saturated heterocycles. The highest BCUT2D eigenvalue weighted by molar-refractivity contribution is 5.37. The summed E-state index contributed by atoms with van der Waals surface area (Å²) in [6, 6.07) is 5.81. The lowest BCUT2D eigenvalue weighted by atomic mass is 9.98. The normalized spacial score (nSPS) is 25.4. The fourth-order valence-corrected chi connectivity index (χ4v) is 3.01. The Balaban J connectivity index is 2.18. The van der Waals surface area contributed by atoms with Gasteiger partial charge >= 0.3 is 0 Å². The molecule has 1 heterocycles. The number of aryl methyl sites for hydroxylation is 3. The molecule has 2 heteroatoms. The van der Waals surface area contributed by atoms with Crippen molar-refractivity contribution in [3.63, 3.8) is 0 Å². The lowest BCUT2D eigenvalue weighted by molar-refractivity contribution is 0.130. The summed E-state index contributed by atoms with van der Waals surface area (Å²) < 4.78 is 0. The van der Waals surface area contributed by atoms with E-state index in [0.717, 1.165) is 19.6 Å². The van der Waals surface area contributed by atoms with Crippen LogP contribution in [-0.4, -0.2) is 30.1 Å². The van der Waals surface area contributed by atoms with Crippen LogP contribution in [0.4, 0.5) is 0 Å². The van der Waals surface area contributed by atoms with Crippen molar-refractivity contribution in [3.8, 4) is 0 Å². The second-order valence-electron chi connectivity index (χ2n) is 5.83. The number of benzene rings is 1. The summed E-state index contributed by atoms with van der Waals surface area (Å²) in [6.07, 6.45) is 0. The van der Waals surface area contributed by atoms with Crippen molar-refractivity contribution in [2.24, 2.45) is 0 Å². The van der Waals surface area contributed by atoms with Crippen molar-refractivity contribution < 1.29 is 0 Å². The summed E-state index contributed by atoms with van der Waals surface area (Å²) >= 11 is 0. The van der Waals surface area contributed by atoms with Crippen LogP contribution in [0.2, 0.25) is 0 Å². The molecule has 1 aromatic rings. The first-order valence-electron chi connectivity index (χ1n) is 7.03. The van der Waals surface area contributed by atoms with Crippen LogP contribution in [0, 0.1) is 20.8 Å². The molecule has 0 aromatic heterocycles. The highest BCUT2D eigenvalue weighted by Crippen LogP contribution is 2.21. The summed E-state index contributed by atoms with van der Waals surface area (Å²) in [4.78, 5) is 2.60. The van der Waals surface area contributed by atoms with E-state index >= 15 is 0 Å². The van der Waals surface area contributed by atoms with Crippen LogP contribution >= 0.6 is 0 Å². The number of nitrogens with one attached hydrogen (secondary N) is 1. The SMILES string of the molecule is Cc1cc(C)c(CN2CCNC(C)C2C)c(C)c1. The zero-order chi connectivity index (χ0) is 13.3. The van der Waals surface area contributed by atoms with Gasteiger partial charge in [-0.1, -0.05) is 17.7 Å². The van der Waals surface area contributed by atoms with E-state index in [1.54, 1.807) is 0 Å². The minimum atomic E-state index is 0.588. The molecule has 1 aromatic carbocycles. The maximum absolute atomic E-state index is 3.54. The lowest BCUT2D eigenvalue weighted by Gasteiger charge is -2.39. The second kappa shape index (κ2) is 5.41. The molecular weight excluding hydrogens is 220 g/mol. The molecule has 1 N–H and O–H groups in total. The number of hydrogen-bond donors (Lipinski definition) is 1. The van der Waals surface area contributed by atoms with E-state index in [1.165, 1.54) is 22.3 Å². The van der Waals surface area contributed by atoms with Gasteiger partial charge in [0, 0.05) is 31.7 Å². The topological polar surface area (TPSA) is 15.3 Å². The number of piperazine rings is 1. The van der Waals surface area contributed by atoms with Gasteiger partial charge in [0.2, 0.25) is 0 Å². The fourth-order valence-electron chi connectivity index (χ4n) is 3.01. The van der Waals surface area contributed by atoms with Gasteiger partial charge in [0.1, 0.15) is 0 Å². The Morgan fingerprint density at radius 3 is 2.39 bits per heavy atom. The molecule has 100 valence electrons. The number of hydrogen-bond acceptors (Lipinski definition) is 2. The van der Waals surface area contributed by atoms with E-state index in [2.05, 4.69) is 57.0 Å². The summed E-state index contributed by atoms with van der Waals surface area (Å²) in [5.41, 5.74) is 5.76. The lowest BCUT2D eigenvalue weighted by Crippen LogP contribution is -2.54. The van der Waals surface area contributed by atoms with Crippen molar-refractivity contribution in [2.45, 2.75) is 53.2 Å². The first-order chi connectivity index (χ1) is 8.49. The molecule has 0 amide bonds. The maximum atomic E-state index is 3.54. The predicted octanol–water partition coefficient (Wildman–Crippen LogP) is 2.79. The standard InChI is InChI=1S/C16H26N2/c1-11-8-12(2)16(13(3)9-11)10-18-7-6-17-14(4)15(18)5/h8-9,14-15,17H,6-7,10H2,1-5H3. The molecule has 0 saturated carbocycles. The van der Waals surface area contributed by atoms with E-state index < -0.39 is 0 Å². The molecule has 0 bridgehead atoms. The molecule has 2 atom stereocenters. The van der Waals surface area contributed by atoms with E-state index in [-0.39, 0.29) is 0 Å². The Kier molecular flexibility index (Phi) is 4.08. The summed E-state index contributed by atoms with van der Waals surface area (Å²) in [5, 5.41) is 3.54. The third-order valence-corrected chi connectivity index (χ3v) is 4.37. The zero-order valence-electron chi connectivity index (χ0n) is 12.4. The van der Waals surface area contributed by atoms with Gasteiger partial charge in [-0.3, -0.25) is 4.90 Å². The molecule has 2 rings (SSSR count). The van der Waals surface area contributed by atoms with Crippen LogP contribution in [-0.2, 0) is 6.54 Å². The molecule has 1 aliphatic heterocycles. The smallest absolute Gasteiger partial charge is 0.0243 e. The highest BCUT2D eigenvalue weighted by atomic mass is 15.2. The van der Waals surface area contributed by atoms with Crippen LogP contribution in [0.15, 0.2) is 12.1 Å². The average molecular weight is 246 g/mol. The van der Waals surface area contributed by atoms with Crippen LogP contribution in [0.3, 0.4) is 0 Å².